The Morgan fingerprint density at radius 1 is 1.41 bits per heavy atom. The van der Waals surface area contributed by atoms with Gasteiger partial charge in [-0.25, -0.2) is 0 Å². The van der Waals surface area contributed by atoms with E-state index in [1.807, 2.05) is 13.8 Å². The van der Waals surface area contributed by atoms with Crippen molar-refractivity contribution in [1.82, 2.24) is 15.1 Å². The van der Waals surface area contributed by atoms with Crippen LogP contribution in [0.15, 0.2) is 4.42 Å². The van der Waals surface area contributed by atoms with Crippen molar-refractivity contribution in [3.63, 3.8) is 0 Å². The fourth-order valence-electron chi connectivity index (χ4n) is 1.35. The van der Waals surface area contributed by atoms with E-state index >= 15 is 0 Å². The number of rotatable bonds is 7. The van der Waals surface area contributed by atoms with Crippen LogP contribution in [0, 0.1) is 0 Å². The number of hydrogen-bond acceptors (Lipinski definition) is 5. The van der Waals surface area contributed by atoms with E-state index < -0.39 is 0 Å². The molecule has 0 aromatic carbocycles. The van der Waals surface area contributed by atoms with Gasteiger partial charge in [0.2, 0.25) is 11.8 Å². The quantitative estimate of drug-likeness (QED) is 0.744. The molecular formula is C10H17ClN4O2. The van der Waals surface area contributed by atoms with Gasteiger partial charge in [-0.1, -0.05) is 5.10 Å². The van der Waals surface area contributed by atoms with Crippen molar-refractivity contribution in [3.8, 4) is 0 Å². The van der Waals surface area contributed by atoms with E-state index in [2.05, 4.69) is 15.5 Å². The highest BCUT2D eigenvalue weighted by Crippen LogP contribution is 2.06. The Bertz CT molecular complexity index is 352. The van der Waals surface area contributed by atoms with Crippen molar-refractivity contribution in [2.45, 2.75) is 20.3 Å². The molecular weight excluding hydrogens is 244 g/mol. The lowest BCUT2D eigenvalue weighted by molar-refractivity contribution is -0.128. The zero-order chi connectivity index (χ0) is 12.7. The van der Waals surface area contributed by atoms with Gasteiger partial charge in [-0.05, 0) is 13.8 Å². The van der Waals surface area contributed by atoms with Crippen LogP contribution >= 0.6 is 11.6 Å². The van der Waals surface area contributed by atoms with Crippen LogP contribution in [0.3, 0.4) is 0 Å². The van der Waals surface area contributed by atoms with E-state index in [0.29, 0.717) is 31.3 Å². The number of nitrogens with one attached hydrogen (secondary N) is 1. The summed E-state index contributed by atoms with van der Waals surface area (Å²) < 4.78 is 5.23. The number of alkyl halides is 1. The minimum absolute atomic E-state index is 0.00657. The summed E-state index contributed by atoms with van der Waals surface area (Å²) in [5.41, 5.74) is 0. The van der Waals surface area contributed by atoms with Gasteiger partial charge in [-0.2, -0.15) is 0 Å². The first-order chi connectivity index (χ1) is 8.21. The summed E-state index contributed by atoms with van der Waals surface area (Å²) in [4.78, 5) is 13.4. The van der Waals surface area contributed by atoms with Crippen LogP contribution in [0.5, 0.6) is 0 Å². The number of amides is 1. The highest BCUT2D eigenvalue weighted by Gasteiger charge is 2.11. The van der Waals surface area contributed by atoms with Gasteiger partial charge in [0.1, 0.15) is 0 Å². The highest BCUT2D eigenvalue weighted by molar-refractivity contribution is 6.17. The van der Waals surface area contributed by atoms with E-state index in [9.17, 15) is 4.79 Å². The number of aryl methyl sites for hydroxylation is 1. The molecule has 96 valence electrons. The summed E-state index contributed by atoms with van der Waals surface area (Å²) in [7, 11) is 0. The smallest absolute Gasteiger partial charge is 0.315 e. The summed E-state index contributed by atoms with van der Waals surface area (Å²) >= 11 is 5.54. The average Bonchev–Trinajstić information content (AvgIpc) is 2.76. The summed E-state index contributed by atoms with van der Waals surface area (Å²) in [6.45, 7) is 5.42. The lowest BCUT2D eigenvalue weighted by Gasteiger charge is -2.18. The molecule has 1 rings (SSSR count). The molecule has 1 aromatic heterocycles. The lowest BCUT2D eigenvalue weighted by atomic mass is 10.4. The number of carbonyl (C=O) groups is 1. The molecule has 6 nitrogen and oxygen atoms in total. The first-order valence-corrected chi connectivity index (χ1v) is 6.14. The lowest BCUT2D eigenvalue weighted by Crippen LogP contribution is -2.35. The Morgan fingerprint density at radius 2 is 2.12 bits per heavy atom. The molecule has 1 heterocycles. The molecule has 17 heavy (non-hydrogen) atoms. The fourth-order valence-corrected chi connectivity index (χ4v) is 1.51. The summed E-state index contributed by atoms with van der Waals surface area (Å²) in [5, 5.41) is 10.3. The Labute approximate surface area is 105 Å². The maximum absolute atomic E-state index is 11.7. The van der Waals surface area contributed by atoms with E-state index in [1.165, 1.54) is 0 Å². The van der Waals surface area contributed by atoms with Crippen molar-refractivity contribution in [2.24, 2.45) is 0 Å². The first kappa shape index (κ1) is 13.8. The van der Waals surface area contributed by atoms with Gasteiger partial charge >= 0.3 is 6.01 Å². The monoisotopic (exact) mass is 260 g/mol. The molecule has 0 spiro atoms. The van der Waals surface area contributed by atoms with Crippen molar-refractivity contribution < 1.29 is 9.21 Å². The predicted molar refractivity (Wildman–Crippen MR) is 65.1 cm³/mol. The molecule has 0 aliphatic carbocycles. The SMILES string of the molecule is CCN(CC)C(=O)CNc1nnc(CCCl)o1. The molecule has 0 atom stereocenters. The largest absolute Gasteiger partial charge is 0.408 e. The Morgan fingerprint density at radius 3 is 2.71 bits per heavy atom. The Hall–Kier alpha value is -1.30. The molecule has 0 bridgehead atoms. The molecule has 1 aromatic rings. The number of nitrogens with zero attached hydrogens (tertiary/aromatic N) is 3. The van der Waals surface area contributed by atoms with Gasteiger partial charge in [0, 0.05) is 25.4 Å². The number of likely N-dealkylation sites (N-methyl/N-ethyl adjacent to an activating group) is 1. The maximum Gasteiger partial charge on any atom is 0.315 e. The third-order valence-electron chi connectivity index (χ3n) is 2.28. The Balaban J connectivity index is 2.41. The second kappa shape index (κ2) is 7.11. The van der Waals surface area contributed by atoms with E-state index in [0.717, 1.165) is 0 Å². The van der Waals surface area contributed by atoms with Crippen molar-refractivity contribution in [1.29, 1.82) is 0 Å². The standard InChI is InChI=1S/C10H17ClN4O2/c1-3-15(4-2)9(16)7-12-10-14-13-8(17-10)5-6-11/h3-7H2,1-2H3,(H,12,14). The highest BCUT2D eigenvalue weighted by atomic mass is 35.5. The van der Waals surface area contributed by atoms with Crippen LogP contribution in [-0.4, -0.2) is 46.5 Å². The van der Waals surface area contributed by atoms with Crippen LogP contribution < -0.4 is 5.32 Å². The molecule has 0 fully saturated rings. The minimum atomic E-state index is 0.00657. The van der Waals surface area contributed by atoms with Crippen LogP contribution in [0.2, 0.25) is 0 Å². The molecule has 0 saturated heterocycles. The molecule has 0 saturated carbocycles. The van der Waals surface area contributed by atoms with Gasteiger partial charge in [-0.15, -0.1) is 16.7 Å². The first-order valence-electron chi connectivity index (χ1n) is 5.61. The van der Waals surface area contributed by atoms with Crippen molar-refractivity contribution in [3.05, 3.63) is 5.89 Å². The number of carbonyl (C=O) groups excluding carboxylic acids is 1. The average molecular weight is 261 g/mol. The molecule has 7 heteroatoms. The number of anilines is 1. The molecule has 0 aliphatic heterocycles. The fraction of sp³-hybridized carbons (Fsp3) is 0.700. The van der Waals surface area contributed by atoms with Gasteiger partial charge in [-0.3, -0.25) is 4.79 Å². The summed E-state index contributed by atoms with van der Waals surface area (Å²) in [6.07, 6.45) is 0.528. The zero-order valence-corrected chi connectivity index (χ0v) is 10.8. The second-order valence-corrected chi connectivity index (χ2v) is 3.74. The number of aromatic nitrogens is 2. The van der Waals surface area contributed by atoms with Gasteiger partial charge in [0.25, 0.3) is 0 Å². The maximum atomic E-state index is 11.7. The predicted octanol–water partition coefficient (Wildman–Crippen LogP) is 1.13. The van der Waals surface area contributed by atoms with E-state index in [1.54, 1.807) is 4.90 Å². The molecule has 0 unspecified atom stereocenters. The van der Waals surface area contributed by atoms with Crippen LogP contribution in [0.25, 0.3) is 0 Å². The molecule has 0 aliphatic rings. The molecule has 1 N–H and O–H groups in total. The normalized spacial score (nSPS) is 10.3. The van der Waals surface area contributed by atoms with Gasteiger partial charge in [0.05, 0.1) is 6.54 Å². The summed E-state index contributed by atoms with van der Waals surface area (Å²) in [6, 6.07) is 0.255. The topological polar surface area (TPSA) is 71.3 Å². The molecule has 1 amide bonds. The second-order valence-electron chi connectivity index (χ2n) is 3.36. The molecule has 0 radical (unpaired) electrons. The Kier molecular flexibility index (Phi) is 5.76. The van der Waals surface area contributed by atoms with Gasteiger partial charge < -0.3 is 14.6 Å². The zero-order valence-electron chi connectivity index (χ0n) is 10.1. The van der Waals surface area contributed by atoms with E-state index in [-0.39, 0.29) is 18.5 Å². The van der Waals surface area contributed by atoms with Gasteiger partial charge in [0.15, 0.2) is 0 Å². The number of hydrogen-bond donors (Lipinski definition) is 1. The summed E-state index contributed by atoms with van der Waals surface area (Å²) in [5.74, 6) is 0.907. The minimum Gasteiger partial charge on any atom is -0.408 e. The van der Waals surface area contributed by atoms with Crippen LogP contribution in [0.1, 0.15) is 19.7 Å². The third-order valence-corrected chi connectivity index (χ3v) is 2.47. The third kappa shape index (κ3) is 4.22. The van der Waals surface area contributed by atoms with Crippen molar-refractivity contribution in [2.75, 3.05) is 30.8 Å². The van der Waals surface area contributed by atoms with Crippen LogP contribution in [0.4, 0.5) is 6.01 Å². The van der Waals surface area contributed by atoms with E-state index in [4.69, 9.17) is 16.0 Å². The van der Waals surface area contributed by atoms with Crippen molar-refractivity contribution >= 4 is 23.5 Å². The number of halogens is 1. The van der Waals surface area contributed by atoms with Crippen LogP contribution in [-0.2, 0) is 11.2 Å².